The highest BCUT2D eigenvalue weighted by Gasteiger charge is 2.25. The van der Waals surface area contributed by atoms with E-state index >= 15 is 0 Å². The second-order valence-corrected chi connectivity index (χ2v) is 10.8. The molecule has 1 aliphatic rings. The van der Waals surface area contributed by atoms with Crippen LogP contribution in [0.15, 0.2) is 58.3 Å². The summed E-state index contributed by atoms with van der Waals surface area (Å²) in [6.07, 6.45) is 0.823. The average molecular weight is 449 g/mol. The summed E-state index contributed by atoms with van der Waals surface area (Å²) in [5, 5.41) is 0.368. The van der Waals surface area contributed by atoms with Gasteiger partial charge in [0.2, 0.25) is 10.0 Å². The van der Waals surface area contributed by atoms with Gasteiger partial charge in [-0.15, -0.1) is 11.8 Å². The van der Waals surface area contributed by atoms with Crippen molar-refractivity contribution in [3.63, 3.8) is 0 Å². The van der Waals surface area contributed by atoms with Gasteiger partial charge in [0.25, 0.3) is 5.91 Å². The predicted octanol–water partition coefficient (Wildman–Crippen LogP) is 3.01. The molecule has 1 unspecified atom stereocenters. The quantitative estimate of drug-likeness (QED) is 0.654. The van der Waals surface area contributed by atoms with Gasteiger partial charge in [0.1, 0.15) is 0 Å². The van der Waals surface area contributed by atoms with Crippen LogP contribution in [-0.4, -0.2) is 57.1 Å². The lowest BCUT2D eigenvalue weighted by Gasteiger charge is -2.22. The lowest BCUT2D eigenvalue weighted by atomic mass is 10.2. The number of rotatable bonds is 5. The molecule has 0 spiro atoms. The Labute approximate surface area is 181 Å². The fraction of sp³-hybridized carbons (Fsp3) is 0.333. The molecule has 0 bridgehead atoms. The number of esters is 1. The number of anilines is 1. The summed E-state index contributed by atoms with van der Waals surface area (Å²) in [5.74, 6) is -1.06. The highest BCUT2D eigenvalue weighted by Crippen LogP contribution is 2.37. The first-order valence-electron chi connectivity index (χ1n) is 9.46. The van der Waals surface area contributed by atoms with E-state index in [1.807, 2.05) is 24.3 Å². The molecule has 9 heteroatoms. The number of para-hydroxylation sites is 1. The minimum absolute atomic E-state index is 0.0132. The Balaban J connectivity index is 1.72. The first-order valence-corrected chi connectivity index (χ1v) is 11.8. The highest BCUT2D eigenvalue weighted by atomic mass is 32.2. The molecule has 0 saturated carbocycles. The third kappa shape index (κ3) is 4.85. The summed E-state index contributed by atoms with van der Waals surface area (Å²) in [7, 11) is -0.848. The maximum Gasteiger partial charge on any atom is 0.338 e. The average Bonchev–Trinajstić information content (AvgIpc) is 2.89. The maximum atomic E-state index is 12.8. The van der Waals surface area contributed by atoms with Gasteiger partial charge in [-0.05, 0) is 36.8 Å². The van der Waals surface area contributed by atoms with Crippen LogP contribution < -0.4 is 4.90 Å². The first-order chi connectivity index (χ1) is 14.2. The molecule has 0 N–H and O–H groups in total. The molecule has 1 atom stereocenters. The van der Waals surface area contributed by atoms with Crippen molar-refractivity contribution in [2.75, 3.05) is 32.1 Å². The third-order valence-corrected chi connectivity index (χ3v) is 7.77. The van der Waals surface area contributed by atoms with Crippen molar-refractivity contribution >= 4 is 39.3 Å². The standard InChI is InChI=1S/C21H24N2O5S2/c1-15-11-12-23(18-9-4-5-10-19(18)29-15)20(24)14-28-21(25)16-7-6-8-17(13-16)30(26,27)22(2)3/h4-10,13,15H,11-12,14H2,1-3H3. The molecule has 3 rings (SSSR count). The zero-order chi connectivity index (χ0) is 21.9. The number of amides is 1. The van der Waals surface area contributed by atoms with Crippen molar-refractivity contribution in [3.8, 4) is 0 Å². The number of benzene rings is 2. The number of hydrogen-bond donors (Lipinski definition) is 0. The number of nitrogens with zero attached hydrogens (tertiary/aromatic N) is 2. The number of thioether (sulfide) groups is 1. The van der Waals surface area contributed by atoms with Crippen molar-refractivity contribution in [3.05, 3.63) is 54.1 Å². The number of ether oxygens (including phenoxy) is 1. The Morgan fingerprint density at radius 1 is 1.17 bits per heavy atom. The Morgan fingerprint density at radius 3 is 2.63 bits per heavy atom. The predicted molar refractivity (Wildman–Crippen MR) is 116 cm³/mol. The summed E-state index contributed by atoms with van der Waals surface area (Å²) in [6, 6.07) is 13.3. The van der Waals surface area contributed by atoms with E-state index in [9.17, 15) is 18.0 Å². The second kappa shape index (κ2) is 9.20. The number of fused-ring (bicyclic) bond motifs is 1. The van der Waals surface area contributed by atoms with Gasteiger partial charge >= 0.3 is 5.97 Å². The fourth-order valence-electron chi connectivity index (χ4n) is 3.03. The van der Waals surface area contributed by atoms with Crippen LogP contribution >= 0.6 is 11.8 Å². The molecule has 160 valence electrons. The van der Waals surface area contributed by atoms with Crippen LogP contribution in [0.5, 0.6) is 0 Å². The normalized spacial score (nSPS) is 16.7. The topological polar surface area (TPSA) is 84.0 Å². The van der Waals surface area contributed by atoms with E-state index in [2.05, 4.69) is 6.92 Å². The number of carbonyl (C=O) groups excluding carboxylic acids is 2. The zero-order valence-electron chi connectivity index (χ0n) is 17.1. The van der Waals surface area contributed by atoms with Gasteiger partial charge in [-0.1, -0.05) is 25.1 Å². The maximum absolute atomic E-state index is 12.8. The van der Waals surface area contributed by atoms with E-state index in [0.29, 0.717) is 11.8 Å². The summed E-state index contributed by atoms with van der Waals surface area (Å²) < 4.78 is 30.8. The van der Waals surface area contributed by atoms with Crippen LogP contribution in [0.25, 0.3) is 0 Å². The van der Waals surface area contributed by atoms with Gasteiger partial charge in [0.05, 0.1) is 16.1 Å². The Morgan fingerprint density at radius 2 is 1.90 bits per heavy atom. The molecule has 0 saturated heterocycles. The van der Waals surface area contributed by atoms with E-state index in [1.165, 1.54) is 38.4 Å². The van der Waals surface area contributed by atoms with Gasteiger partial charge in [0, 0.05) is 30.8 Å². The zero-order valence-corrected chi connectivity index (χ0v) is 18.7. The van der Waals surface area contributed by atoms with Crippen LogP contribution in [0.4, 0.5) is 5.69 Å². The Hall–Kier alpha value is -2.36. The van der Waals surface area contributed by atoms with Crippen LogP contribution in [0.3, 0.4) is 0 Å². The van der Waals surface area contributed by atoms with E-state index < -0.39 is 22.6 Å². The molecular weight excluding hydrogens is 424 g/mol. The second-order valence-electron chi connectivity index (χ2n) is 7.12. The molecule has 0 fully saturated rings. The summed E-state index contributed by atoms with van der Waals surface area (Å²) in [5.41, 5.74) is 0.887. The molecule has 1 aliphatic heterocycles. The molecule has 0 aliphatic carbocycles. The molecule has 30 heavy (non-hydrogen) atoms. The van der Waals surface area contributed by atoms with Crippen molar-refractivity contribution < 1.29 is 22.7 Å². The van der Waals surface area contributed by atoms with Gasteiger partial charge in [-0.25, -0.2) is 17.5 Å². The van der Waals surface area contributed by atoms with Gasteiger partial charge in [-0.3, -0.25) is 4.79 Å². The van der Waals surface area contributed by atoms with Crippen LogP contribution in [0.1, 0.15) is 23.7 Å². The monoisotopic (exact) mass is 448 g/mol. The minimum atomic E-state index is -3.68. The Bertz CT molecular complexity index is 1050. The Kier molecular flexibility index (Phi) is 6.84. The number of sulfonamides is 1. The molecule has 0 radical (unpaired) electrons. The molecule has 2 aromatic rings. The minimum Gasteiger partial charge on any atom is -0.452 e. The third-order valence-electron chi connectivity index (χ3n) is 4.72. The van der Waals surface area contributed by atoms with Crippen LogP contribution in [-0.2, 0) is 19.6 Å². The molecular formula is C21H24N2O5S2. The first kappa shape index (κ1) is 22.3. The molecule has 1 heterocycles. The number of carbonyl (C=O) groups is 2. The van der Waals surface area contributed by atoms with Crippen molar-refractivity contribution in [1.29, 1.82) is 0 Å². The number of hydrogen-bond acceptors (Lipinski definition) is 6. The lowest BCUT2D eigenvalue weighted by molar-refractivity contribution is -0.121. The van der Waals surface area contributed by atoms with Gasteiger partial charge in [-0.2, -0.15) is 0 Å². The largest absolute Gasteiger partial charge is 0.452 e. The molecule has 0 aromatic heterocycles. The van der Waals surface area contributed by atoms with Gasteiger partial charge < -0.3 is 9.64 Å². The van der Waals surface area contributed by atoms with E-state index in [4.69, 9.17) is 4.74 Å². The summed E-state index contributed by atoms with van der Waals surface area (Å²) in [4.78, 5) is 27.9. The molecule has 1 amide bonds. The van der Waals surface area contributed by atoms with E-state index in [-0.39, 0.29) is 16.4 Å². The lowest BCUT2D eigenvalue weighted by Crippen LogP contribution is -2.35. The SMILES string of the molecule is CC1CCN(C(=O)COC(=O)c2cccc(S(=O)(=O)N(C)C)c2)c2ccccc2S1. The smallest absolute Gasteiger partial charge is 0.338 e. The van der Waals surface area contributed by atoms with Crippen LogP contribution in [0, 0.1) is 0 Å². The molecule has 7 nitrogen and oxygen atoms in total. The summed E-state index contributed by atoms with van der Waals surface area (Å²) >= 11 is 1.72. The van der Waals surface area contributed by atoms with Crippen molar-refractivity contribution in [1.82, 2.24) is 4.31 Å². The van der Waals surface area contributed by atoms with Crippen molar-refractivity contribution in [2.24, 2.45) is 0 Å². The summed E-state index contributed by atoms with van der Waals surface area (Å²) in [6.45, 7) is 2.24. The van der Waals surface area contributed by atoms with E-state index in [0.717, 1.165) is 21.3 Å². The fourth-order valence-corrected chi connectivity index (χ4v) is 5.09. The highest BCUT2D eigenvalue weighted by molar-refractivity contribution is 8.00. The van der Waals surface area contributed by atoms with Crippen molar-refractivity contribution in [2.45, 2.75) is 28.4 Å². The molecule has 2 aromatic carbocycles. The van der Waals surface area contributed by atoms with E-state index in [1.54, 1.807) is 16.7 Å². The van der Waals surface area contributed by atoms with Crippen LogP contribution in [0.2, 0.25) is 0 Å². The van der Waals surface area contributed by atoms with Gasteiger partial charge in [0.15, 0.2) is 6.61 Å².